The number of carbonyl (C=O) groups is 2. The number of anilines is 1. The van der Waals surface area contributed by atoms with Crippen molar-refractivity contribution in [3.63, 3.8) is 0 Å². The first-order valence-corrected chi connectivity index (χ1v) is 6.81. The number of aryl methyl sites for hydroxylation is 1. The predicted octanol–water partition coefficient (Wildman–Crippen LogP) is 1.36. The number of hydrogen-bond acceptors (Lipinski definition) is 3. The van der Waals surface area contributed by atoms with Crippen molar-refractivity contribution in [2.75, 3.05) is 11.9 Å². The molecule has 1 heterocycles. The summed E-state index contributed by atoms with van der Waals surface area (Å²) in [4.78, 5) is 37.6. The topological polar surface area (TPSA) is 91.1 Å². The number of H-pyrrole nitrogens is 1. The summed E-state index contributed by atoms with van der Waals surface area (Å²) in [7, 11) is 0. The molecule has 0 radical (unpaired) electrons. The van der Waals surface area contributed by atoms with Gasteiger partial charge in [0.1, 0.15) is 5.56 Å². The molecule has 6 heteroatoms. The van der Waals surface area contributed by atoms with E-state index in [9.17, 15) is 14.4 Å². The van der Waals surface area contributed by atoms with Crippen molar-refractivity contribution in [2.24, 2.45) is 0 Å². The van der Waals surface area contributed by atoms with Gasteiger partial charge in [0, 0.05) is 11.9 Å². The third-order valence-electron chi connectivity index (χ3n) is 3.35. The minimum atomic E-state index is -0.585. The van der Waals surface area contributed by atoms with Gasteiger partial charge in [0.2, 0.25) is 5.91 Å². The molecule has 0 aliphatic carbocycles. The summed E-state index contributed by atoms with van der Waals surface area (Å²) in [5, 5.41) is 5.16. The molecule has 1 aromatic heterocycles. The van der Waals surface area contributed by atoms with Crippen molar-refractivity contribution in [2.45, 2.75) is 13.8 Å². The van der Waals surface area contributed by atoms with Gasteiger partial charge in [-0.1, -0.05) is 12.1 Å². The van der Waals surface area contributed by atoms with Gasteiger partial charge < -0.3 is 15.6 Å². The summed E-state index contributed by atoms with van der Waals surface area (Å²) < 4.78 is 0. The standard InChI is InChI=1S/C16H17N3O3/c1-10-5-3-7-13(11(10)2)19-14(20)9-18-16(22)12-6-4-8-17-15(12)21/h3-8H,9H2,1-2H3,(H,17,21)(H,18,22)(H,19,20). The Morgan fingerprint density at radius 1 is 1.14 bits per heavy atom. The van der Waals surface area contributed by atoms with Crippen LogP contribution in [0.2, 0.25) is 0 Å². The first-order chi connectivity index (χ1) is 10.5. The van der Waals surface area contributed by atoms with Crippen LogP contribution in [0.15, 0.2) is 41.3 Å². The molecule has 0 atom stereocenters. The molecule has 2 rings (SSSR count). The lowest BCUT2D eigenvalue weighted by Gasteiger charge is -2.10. The lowest BCUT2D eigenvalue weighted by atomic mass is 10.1. The van der Waals surface area contributed by atoms with Crippen LogP contribution in [-0.4, -0.2) is 23.3 Å². The van der Waals surface area contributed by atoms with E-state index in [1.165, 1.54) is 12.3 Å². The fraction of sp³-hybridized carbons (Fsp3) is 0.188. The fourth-order valence-electron chi connectivity index (χ4n) is 1.94. The van der Waals surface area contributed by atoms with E-state index in [1.807, 2.05) is 26.0 Å². The summed E-state index contributed by atoms with van der Waals surface area (Å²) in [6, 6.07) is 8.54. The van der Waals surface area contributed by atoms with Gasteiger partial charge in [-0.15, -0.1) is 0 Å². The fourth-order valence-corrected chi connectivity index (χ4v) is 1.94. The highest BCUT2D eigenvalue weighted by Crippen LogP contribution is 2.17. The number of rotatable bonds is 4. The largest absolute Gasteiger partial charge is 0.343 e. The average molecular weight is 299 g/mol. The molecule has 0 fully saturated rings. The van der Waals surface area contributed by atoms with Gasteiger partial charge in [-0.3, -0.25) is 14.4 Å². The van der Waals surface area contributed by atoms with Crippen LogP contribution in [0.3, 0.4) is 0 Å². The van der Waals surface area contributed by atoms with Crippen LogP contribution >= 0.6 is 0 Å². The Morgan fingerprint density at radius 3 is 2.64 bits per heavy atom. The number of aromatic amines is 1. The van der Waals surface area contributed by atoms with E-state index in [1.54, 1.807) is 12.1 Å². The minimum absolute atomic E-state index is 0.0259. The predicted molar refractivity (Wildman–Crippen MR) is 83.9 cm³/mol. The number of pyridine rings is 1. The minimum Gasteiger partial charge on any atom is -0.343 e. The molecule has 6 nitrogen and oxygen atoms in total. The highest BCUT2D eigenvalue weighted by molar-refractivity contribution is 5.99. The molecule has 114 valence electrons. The third kappa shape index (κ3) is 3.60. The van der Waals surface area contributed by atoms with E-state index in [2.05, 4.69) is 15.6 Å². The van der Waals surface area contributed by atoms with Gasteiger partial charge in [-0.25, -0.2) is 0 Å². The Kier molecular flexibility index (Phi) is 4.73. The van der Waals surface area contributed by atoms with E-state index >= 15 is 0 Å². The van der Waals surface area contributed by atoms with Crippen LogP contribution in [0.1, 0.15) is 21.5 Å². The molecule has 0 saturated heterocycles. The van der Waals surface area contributed by atoms with Gasteiger partial charge in [0.25, 0.3) is 11.5 Å². The Hall–Kier alpha value is -2.89. The summed E-state index contributed by atoms with van der Waals surface area (Å²) >= 11 is 0. The van der Waals surface area contributed by atoms with Crippen LogP contribution in [0.4, 0.5) is 5.69 Å². The number of benzene rings is 1. The van der Waals surface area contributed by atoms with Crippen LogP contribution in [0, 0.1) is 13.8 Å². The maximum atomic E-state index is 11.9. The molecule has 2 aromatic rings. The monoisotopic (exact) mass is 299 g/mol. The molecule has 22 heavy (non-hydrogen) atoms. The van der Waals surface area contributed by atoms with E-state index < -0.39 is 11.5 Å². The van der Waals surface area contributed by atoms with Gasteiger partial charge in [0.05, 0.1) is 6.54 Å². The zero-order chi connectivity index (χ0) is 16.1. The van der Waals surface area contributed by atoms with Crippen molar-refractivity contribution >= 4 is 17.5 Å². The van der Waals surface area contributed by atoms with E-state index in [0.29, 0.717) is 5.69 Å². The van der Waals surface area contributed by atoms with Gasteiger partial charge in [-0.2, -0.15) is 0 Å². The molecular weight excluding hydrogens is 282 g/mol. The Labute approximate surface area is 127 Å². The summed E-state index contributed by atoms with van der Waals surface area (Å²) in [6.07, 6.45) is 1.44. The van der Waals surface area contributed by atoms with E-state index in [-0.39, 0.29) is 18.0 Å². The number of nitrogens with one attached hydrogen (secondary N) is 3. The molecule has 2 amide bonds. The lowest BCUT2D eigenvalue weighted by molar-refractivity contribution is -0.115. The van der Waals surface area contributed by atoms with Crippen LogP contribution in [0.25, 0.3) is 0 Å². The van der Waals surface area contributed by atoms with Crippen molar-refractivity contribution in [1.29, 1.82) is 0 Å². The molecule has 0 bridgehead atoms. The summed E-state index contributed by atoms with van der Waals surface area (Å²) in [5.74, 6) is -0.938. The number of hydrogen-bond donors (Lipinski definition) is 3. The summed E-state index contributed by atoms with van der Waals surface area (Å²) in [6.45, 7) is 3.65. The van der Waals surface area contributed by atoms with E-state index in [0.717, 1.165) is 11.1 Å². The smallest absolute Gasteiger partial charge is 0.260 e. The first kappa shape index (κ1) is 15.5. The summed E-state index contributed by atoms with van der Waals surface area (Å²) in [5.41, 5.74) is 2.23. The third-order valence-corrected chi connectivity index (χ3v) is 3.35. The zero-order valence-corrected chi connectivity index (χ0v) is 12.4. The molecule has 0 saturated carbocycles. The van der Waals surface area contributed by atoms with Gasteiger partial charge >= 0.3 is 0 Å². The van der Waals surface area contributed by atoms with Crippen LogP contribution in [-0.2, 0) is 4.79 Å². The second-order valence-electron chi connectivity index (χ2n) is 4.89. The number of carbonyl (C=O) groups excluding carboxylic acids is 2. The molecule has 0 aliphatic rings. The first-order valence-electron chi connectivity index (χ1n) is 6.81. The SMILES string of the molecule is Cc1cccc(NC(=O)CNC(=O)c2ccc[nH]c2=O)c1C. The highest BCUT2D eigenvalue weighted by atomic mass is 16.2. The normalized spacial score (nSPS) is 10.1. The quantitative estimate of drug-likeness (QED) is 0.796. The van der Waals surface area contributed by atoms with Crippen molar-refractivity contribution in [1.82, 2.24) is 10.3 Å². The average Bonchev–Trinajstić information content (AvgIpc) is 2.50. The Balaban J connectivity index is 1.96. The second kappa shape index (κ2) is 6.71. The zero-order valence-electron chi connectivity index (χ0n) is 12.4. The van der Waals surface area contributed by atoms with Gasteiger partial charge in [-0.05, 0) is 43.2 Å². The van der Waals surface area contributed by atoms with Crippen LogP contribution in [0.5, 0.6) is 0 Å². The lowest BCUT2D eigenvalue weighted by Crippen LogP contribution is -2.35. The van der Waals surface area contributed by atoms with E-state index in [4.69, 9.17) is 0 Å². The molecule has 0 aliphatic heterocycles. The second-order valence-corrected chi connectivity index (χ2v) is 4.89. The van der Waals surface area contributed by atoms with Crippen molar-refractivity contribution in [3.8, 4) is 0 Å². The molecule has 0 spiro atoms. The molecular formula is C16H17N3O3. The maximum Gasteiger partial charge on any atom is 0.260 e. The molecule has 0 unspecified atom stereocenters. The highest BCUT2D eigenvalue weighted by Gasteiger charge is 2.11. The number of amides is 2. The Bertz CT molecular complexity index is 765. The van der Waals surface area contributed by atoms with Gasteiger partial charge in [0.15, 0.2) is 0 Å². The van der Waals surface area contributed by atoms with Crippen LogP contribution < -0.4 is 16.2 Å². The molecule has 1 aromatic carbocycles. The van der Waals surface area contributed by atoms with Crippen molar-refractivity contribution in [3.05, 3.63) is 63.6 Å². The van der Waals surface area contributed by atoms with Crippen molar-refractivity contribution < 1.29 is 9.59 Å². The number of aromatic nitrogens is 1. The maximum absolute atomic E-state index is 11.9. The Morgan fingerprint density at radius 2 is 1.91 bits per heavy atom. The molecule has 3 N–H and O–H groups in total.